The largest absolute Gasteiger partial charge is 0.481 e. The maximum absolute atomic E-state index is 12.6. The van der Waals surface area contributed by atoms with E-state index in [1.165, 1.54) is 7.05 Å². The highest BCUT2D eigenvalue weighted by Crippen LogP contribution is 2.13. The number of amides is 2. The Labute approximate surface area is 203 Å². The Morgan fingerprint density at radius 2 is 1.56 bits per heavy atom. The number of likely N-dealkylation sites (N-methyl/N-ethyl adjacent to an activating group) is 2. The molecule has 0 heterocycles. The van der Waals surface area contributed by atoms with Crippen molar-refractivity contribution in [3.8, 4) is 0 Å². The van der Waals surface area contributed by atoms with Crippen LogP contribution < -0.4 is 26.6 Å². The molecule has 0 saturated heterocycles. The van der Waals surface area contributed by atoms with Crippen molar-refractivity contribution in [2.45, 2.75) is 95.8 Å². The summed E-state index contributed by atoms with van der Waals surface area (Å²) in [6.07, 6.45) is 4.24. The van der Waals surface area contributed by atoms with Crippen LogP contribution in [0.25, 0.3) is 0 Å². The minimum atomic E-state index is -1.15. The molecule has 34 heavy (non-hydrogen) atoms. The Bertz CT molecular complexity index is 643. The van der Waals surface area contributed by atoms with Crippen molar-refractivity contribution in [3.05, 3.63) is 0 Å². The fraction of sp³-hybridized carbons (Fsp3) is 0.826. The lowest BCUT2D eigenvalue weighted by Gasteiger charge is -2.31. The molecule has 11 heteroatoms. The third-order valence-corrected chi connectivity index (χ3v) is 5.59. The second kappa shape index (κ2) is 17.2. The Kier molecular flexibility index (Phi) is 16.1. The smallest absolute Gasteiger partial charge is 0.326 e. The average molecular weight is 488 g/mol. The lowest BCUT2D eigenvalue weighted by Crippen LogP contribution is -2.56. The summed E-state index contributed by atoms with van der Waals surface area (Å²) in [5.41, 5.74) is -0.169. The number of nitrogens with one attached hydrogen (secondary N) is 5. The van der Waals surface area contributed by atoms with Crippen LogP contribution in [-0.2, 0) is 19.2 Å². The van der Waals surface area contributed by atoms with Gasteiger partial charge in [0.1, 0.15) is 6.04 Å². The highest BCUT2D eigenvalue weighted by atomic mass is 16.4. The van der Waals surface area contributed by atoms with Gasteiger partial charge >= 0.3 is 11.9 Å². The van der Waals surface area contributed by atoms with Crippen molar-refractivity contribution in [2.24, 2.45) is 0 Å². The van der Waals surface area contributed by atoms with E-state index in [4.69, 9.17) is 5.11 Å². The monoisotopic (exact) mass is 487 g/mol. The third-order valence-electron chi connectivity index (χ3n) is 5.59. The van der Waals surface area contributed by atoms with Crippen LogP contribution in [0.3, 0.4) is 0 Å². The van der Waals surface area contributed by atoms with E-state index in [1.807, 2.05) is 0 Å². The van der Waals surface area contributed by atoms with Gasteiger partial charge in [0.05, 0.1) is 12.1 Å². The number of carboxylic acids is 2. The fourth-order valence-corrected chi connectivity index (χ4v) is 3.59. The minimum absolute atomic E-state index is 0.0626. The van der Waals surface area contributed by atoms with Crippen molar-refractivity contribution in [1.29, 1.82) is 0 Å². The van der Waals surface area contributed by atoms with E-state index in [9.17, 15) is 24.3 Å². The summed E-state index contributed by atoms with van der Waals surface area (Å²) in [7, 11) is 3.31. The fourth-order valence-electron chi connectivity index (χ4n) is 3.59. The molecule has 0 aliphatic rings. The highest BCUT2D eigenvalue weighted by molar-refractivity contribution is 5.87. The van der Waals surface area contributed by atoms with Crippen LogP contribution in [0.1, 0.15) is 72.1 Å². The third kappa shape index (κ3) is 14.1. The van der Waals surface area contributed by atoms with Crippen LogP contribution in [0.4, 0.5) is 0 Å². The van der Waals surface area contributed by atoms with E-state index in [2.05, 4.69) is 47.4 Å². The van der Waals surface area contributed by atoms with E-state index < -0.39 is 29.9 Å². The zero-order valence-electron chi connectivity index (χ0n) is 21.3. The molecule has 0 spiro atoms. The Morgan fingerprint density at radius 3 is 2.09 bits per heavy atom. The van der Waals surface area contributed by atoms with Gasteiger partial charge in [0.2, 0.25) is 11.8 Å². The van der Waals surface area contributed by atoms with Crippen LogP contribution in [0.2, 0.25) is 0 Å². The second-order valence-electron chi connectivity index (χ2n) is 9.20. The number of carbonyl (C=O) groups excluding carboxylic acids is 2. The molecule has 0 fully saturated rings. The van der Waals surface area contributed by atoms with Crippen molar-refractivity contribution >= 4 is 23.8 Å². The zero-order chi connectivity index (χ0) is 26.1. The van der Waals surface area contributed by atoms with Crippen LogP contribution in [0.5, 0.6) is 0 Å². The predicted molar refractivity (Wildman–Crippen MR) is 131 cm³/mol. The van der Waals surface area contributed by atoms with Gasteiger partial charge in [-0.2, -0.15) is 0 Å². The molecule has 0 radical (unpaired) electrons. The molecule has 11 nitrogen and oxygen atoms in total. The number of rotatable bonds is 20. The summed E-state index contributed by atoms with van der Waals surface area (Å²) in [5, 5.41) is 32.7. The van der Waals surface area contributed by atoms with Gasteiger partial charge in [-0.1, -0.05) is 19.8 Å². The molecule has 1 unspecified atom stereocenters. The van der Waals surface area contributed by atoms with Gasteiger partial charge in [0.15, 0.2) is 0 Å². The van der Waals surface area contributed by atoms with Gasteiger partial charge < -0.3 is 31.5 Å². The summed E-state index contributed by atoms with van der Waals surface area (Å²) < 4.78 is 0. The van der Waals surface area contributed by atoms with Crippen molar-refractivity contribution in [1.82, 2.24) is 26.6 Å². The average Bonchev–Trinajstić information content (AvgIpc) is 2.76. The molecule has 3 atom stereocenters. The lowest BCUT2D eigenvalue weighted by molar-refractivity contribution is -0.142. The zero-order valence-corrected chi connectivity index (χ0v) is 21.3. The Hall–Kier alpha value is -2.24. The number of carbonyl (C=O) groups is 4. The normalized spacial score (nSPS) is 14.1. The van der Waals surface area contributed by atoms with Crippen LogP contribution in [-0.4, -0.2) is 84.8 Å². The number of aliphatic carboxylic acids is 2. The molecule has 2 amide bonds. The summed E-state index contributed by atoms with van der Waals surface area (Å²) in [6.45, 7) is 7.18. The topological polar surface area (TPSA) is 169 Å². The Balaban J connectivity index is 4.57. The molecule has 0 rings (SSSR count). The van der Waals surface area contributed by atoms with Crippen molar-refractivity contribution in [3.63, 3.8) is 0 Å². The van der Waals surface area contributed by atoms with Gasteiger partial charge in [0.25, 0.3) is 0 Å². The first-order valence-corrected chi connectivity index (χ1v) is 12.1. The molecular formula is C23H45N5O6. The van der Waals surface area contributed by atoms with Gasteiger partial charge in [-0.3, -0.25) is 19.7 Å². The van der Waals surface area contributed by atoms with Gasteiger partial charge in [0, 0.05) is 25.0 Å². The van der Waals surface area contributed by atoms with Gasteiger partial charge in [-0.25, -0.2) is 4.79 Å². The first-order chi connectivity index (χ1) is 16.0. The van der Waals surface area contributed by atoms with E-state index >= 15 is 0 Å². The summed E-state index contributed by atoms with van der Waals surface area (Å²) in [5.74, 6) is -2.84. The first kappa shape index (κ1) is 31.8. The molecule has 0 aliphatic heterocycles. The standard InChI is InChI=1S/C23H45N5O6/c1-6-7-13-23(2,3)28-18(15-24-4)20(31)26-14-9-8-10-17(22(33)34)27-21(32)16(25-5)11-12-19(29)30/h16-18,24-25,28H,6-15H2,1-5H3,(H,26,31)(H,27,32)(H,29,30)(H,33,34)/t16-,17?,18-/m0/s1. The van der Waals surface area contributed by atoms with E-state index in [1.54, 1.807) is 7.05 Å². The number of unbranched alkanes of at least 4 members (excludes halogenated alkanes) is 2. The molecule has 0 saturated carbocycles. The van der Waals surface area contributed by atoms with Crippen LogP contribution in [0, 0.1) is 0 Å². The summed E-state index contributed by atoms with van der Waals surface area (Å²) in [4.78, 5) is 47.2. The van der Waals surface area contributed by atoms with E-state index in [0.717, 1.165) is 19.3 Å². The predicted octanol–water partition coefficient (Wildman–Crippen LogP) is 0.442. The summed E-state index contributed by atoms with van der Waals surface area (Å²) in [6, 6.07) is -2.25. The molecule has 0 aromatic carbocycles. The Morgan fingerprint density at radius 1 is 0.882 bits per heavy atom. The van der Waals surface area contributed by atoms with Gasteiger partial charge in [-0.15, -0.1) is 0 Å². The first-order valence-electron chi connectivity index (χ1n) is 12.1. The molecular weight excluding hydrogens is 442 g/mol. The number of hydrogen-bond donors (Lipinski definition) is 7. The maximum Gasteiger partial charge on any atom is 0.326 e. The number of carboxylic acid groups (broad SMARTS) is 2. The van der Waals surface area contributed by atoms with Crippen LogP contribution >= 0.6 is 0 Å². The quantitative estimate of drug-likeness (QED) is 0.120. The second-order valence-corrected chi connectivity index (χ2v) is 9.20. The van der Waals surface area contributed by atoms with E-state index in [-0.39, 0.29) is 36.8 Å². The number of hydrogen-bond acceptors (Lipinski definition) is 7. The molecule has 7 N–H and O–H groups in total. The molecule has 0 bridgehead atoms. The van der Waals surface area contributed by atoms with Crippen LogP contribution in [0.15, 0.2) is 0 Å². The molecule has 0 aliphatic carbocycles. The maximum atomic E-state index is 12.6. The molecule has 0 aromatic rings. The van der Waals surface area contributed by atoms with Gasteiger partial charge in [-0.05, 0) is 60.0 Å². The lowest BCUT2D eigenvalue weighted by atomic mass is 9.96. The van der Waals surface area contributed by atoms with Crippen molar-refractivity contribution in [2.75, 3.05) is 27.2 Å². The summed E-state index contributed by atoms with van der Waals surface area (Å²) >= 11 is 0. The molecule has 198 valence electrons. The SMILES string of the molecule is CCCCC(C)(C)N[C@@H](CNC)C(=O)NCCCCC(NC(=O)[C@H](CCC(=O)O)NC)C(=O)O. The molecule has 0 aromatic heterocycles. The minimum Gasteiger partial charge on any atom is -0.481 e. The van der Waals surface area contributed by atoms with E-state index in [0.29, 0.717) is 25.9 Å². The highest BCUT2D eigenvalue weighted by Gasteiger charge is 2.26. The van der Waals surface area contributed by atoms with Crippen molar-refractivity contribution < 1.29 is 29.4 Å².